The second kappa shape index (κ2) is 7.80. The number of nitro benzene ring substituents is 3. The number of anilines is 1. The fourth-order valence-electron chi connectivity index (χ4n) is 1.98. The SMILES string of the molecule is CCCCC(Nc1c([N+](=O)[O-])cc([N+](=O)[O-])cc1[N+](=O)[O-])C(=O)O. The van der Waals surface area contributed by atoms with Gasteiger partial charge in [-0.25, -0.2) is 4.79 Å². The molecule has 1 unspecified atom stereocenters. The zero-order valence-electron chi connectivity index (χ0n) is 12.5. The third kappa shape index (κ3) is 4.34. The van der Waals surface area contributed by atoms with Gasteiger partial charge in [0.1, 0.15) is 6.04 Å². The first-order valence-electron chi connectivity index (χ1n) is 6.79. The fraction of sp³-hybridized carbons (Fsp3) is 0.417. The molecule has 1 aromatic carbocycles. The molecule has 0 heterocycles. The van der Waals surface area contributed by atoms with E-state index in [1.165, 1.54) is 0 Å². The van der Waals surface area contributed by atoms with Gasteiger partial charge < -0.3 is 10.4 Å². The molecule has 0 fully saturated rings. The predicted octanol–water partition coefficient (Wildman–Crippen LogP) is 2.47. The average molecular weight is 342 g/mol. The number of unbranched alkanes of at least 4 members (excludes halogenated alkanes) is 1. The van der Waals surface area contributed by atoms with Crippen LogP contribution in [-0.2, 0) is 4.79 Å². The van der Waals surface area contributed by atoms with Crippen molar-refractivity contribution in [3.63, 3.8) is 0 Å². The maximum Gasteiger partial charge on any atom is 0.326 e. The van der Waals surface area contributed by atoms with Crippen LogP contribution < -0.4 is 5.32 Å². The first kappa shape index (κ1) is 18.7. The van der Waals surface area contributed by atoms with E-state index < -0.39 is 49.5 Å². The van der Waals surface area contributed by atoms with Gasteiger partial charge in [0.15, 0.2) is 5.69 Å². The zero-order chi connectivity index (χ0) is 18.4. The maximum atomic E-state index is 11.2. The summed E-state index contributed by atoms with van der Waals surface area (Å²) in [7, 11) is 0. The lowest BCUT2D eigenvalue weighted by Crippen LogP contribution is -2.29. The molecule has 12 nitrogen and oxygen atoms in total. The first-order valence-corrected chi connectivity index (χ1v) is 6.79. The molecule has 1 atom stereocenters. The molecule has 0 aliphatic rings. The van der Waals surface area contributed by atoms with Gasteiger partial charge in [0.05, 0.1) is 26.9 Å². The van der Waals surface area contributed by atoms with Gasteiger partial charge in [0.2, 0.25) is 0 Å². The molecule has 0 saturated carbocycles. The van der Waals surface area contributed by atoms with Crippen molar-refractivity contribution in [2.75, 3.05) is 5.32 Å². The lowest BCUT2D eigenvalue weighted by atomic mass is 10.1. The number of rotatable bonds is 9. The summed E-state index contributed by atoms with van der Waals surface area (Å²) in [6, 6.07) is -0.203. The molecule has 130 valence electrons. The Balaban J connectivity index is 3.47. The van der Waals surface area contributed by atoms with Gasteiger partial charge in [0.25, 0.3) is 5.69 Å². The number of nitrogens with one attached hydrogen (secondary N) is 1. The normalized spacial score (nSPS) is 11.5. The number of nitrogens with zero attached hydrogens (tertiary/aromatic N) is 3. The number of aliphatic carboxylic acids is 1. The van der Waals surface area contributed by atoms with Crippen molar-refractivity contribution in [2.45, 2.75) is 32.2 Å². The smallest absolute Gasteiger partial charge is 0.326 e. The van der Waals surface area contributed by atoms with Gasteiger partial charge in [-0.15, -0.1) is 0 Å². The third-order valence-electron chi connectivity index (χ3n) is 3.15. The Labute approximate surface area is 134 Å². The highest BCUT2D eigenvalue weighted by Gasteiger charge is 2.33. The van der Waals surface area contributed by atoms with Crippen LogP contribution >= 0.6 is 0 Å². The second-order valence-electron chi connectivity index (χ2n) is 4.81. The summed E-state index contributed by atoms with van der Waals surface area (Å²) in [5.41, 5.74) is -3.37. The lowest BCUT2D eigenvalue weighted by Gasteiger charge is -2.15. The summed E-state index contributed by atoms with van der Waals surface area (Å²) in [5, 5.41) is 44.4. The van der Waals surface area contributed by atoms with Gasteiger partial charge >= 0.3 is 17.3 Å². The van der Waals surface area contributed by atoms with Crippen LogP contribution in [0.15, 0.2) is 12.1 Å². The molecule has 0 aliphatic carbocycles. The highest BCUT2D eigenvalue weighted by molar-refractivity contribution is 5.83. The van der Waals surface area contributed by atoms with Crippen LogP contribution in [0.4, 0.5) is 22.7 Å². The standard InChI is InChI=1S/C12H14N4O8/c1-2-3-4-8(12(17)18)13-11-9(15(21)22)5-7(14(19)20)6-10(11)16(23)24/h5-6,8,13H,2-4H2,1H3,(H,17,18). The van der Waals surface area contributed by atoms with E-state index in [9.17, 15) is 35.1 Å². The molecular weight excluding hydrogens is 328 g/mol. The van der Waals surface area contributed by atoms with Crippen molar-refractivity contribution in [2.24, 2.45) is 0 Å². The molecule has 0 spiro atoms. The van der Waals surface area contributed by atoms with Crippen molar-refractivity contribution in [1.29, 1.82) is 0 Å². The van der Waals surface area contributed by atoms with E-state index in [2.05, 4.69) is 5.32 Å². The van der Waals surface area contributed by atoms with E-state index in [1.807, 2.05) is 0 Å². The molecular formula is C12H14N4O8. The van der Waals surface area contributed by atoms with Crippen molar-refractivity contribution >= 4 is 28.7 Å². The second-order valence-corrected chi connectivity index (χ2v) is 4.81. The van der Waals surface area contributed by atoms with Crippen LogP contribution in [0.25, 0.3) is 0 Å². The van der Waals surface area contributed by atoms with Crippen molar-refractivity contribution in [3.05, 3.63) is 42.5 Å². The Hall–Kier alpha value is -3.31. The molecule has 0 bridgehead atoms. The van der Waals surface area contributed by atoms with E-state index >= 15 is 0 Å². The largest absolute Gasteiger partial charge is 0.480 e. The van der Waals surface area contributed by atoms with Gasteiger partial charge in [0, 0.05) is 0 Å². The van der Waals surface area contributed by atoms with Crippen LogP contribution in [0.5, 0.6) is 0 Å². The highest BCUT2D eigenvalue weighted by atomic mass is 16.6. The van der Waals surface area contributed by atoms with Crippen LogP contribution in [0.2, 0.25) is 0 Å². The molecule has 0 aromatic heterocycles. The Bertz CT molecular complexity index is 655. The van der Waals surface area contributed by atoms with Crippen LogP contribution in [-0.4, -0.2) is 31.9 Å². The third-order valence-corrected chi connectivity index (χ3v) is 3.15. The summed E-state index contributed by atoms with van der Waals surface area (Å²) < 4.78 is 0. The highest BCUT2D eigenvalue weighted by Crippen LogP contribution is 2.39. The Morgan fingerprint density at radius 1 is 1.12 bits per heavy atom. The van der Waals surface area contributed by atoms with Crippen LogP contribution in [0.3, 0.4) is 0 Å². The molecule has 1 aromatic rings. The molecule has 1 rings (SSSR count). The van der Waals surface area contributed by atoms with Gasteiger partial charge in [-0.3, -0.25) is 30.3 Å². The van der Waals surface area contributed by atoms with E-state index in [-0.39, 0.29) is 6.42 Å². The molecule has 12 heteroatoms. The van der Waals surface area contributed by atoms with Gasteiger partial charge in [-0.1, -0.05) is 19.8 Å². The number of non-ortho nitro benzene ring substituents is 1. The van der Waals surface area contributed by atoms with E-state index in [1.54, 1.807) is 6.92 Å². The summed E-state index contributed by atoms with van der Waals surface area (Å²) in [4.78, 5) is 41.2. The molecule has 0 saturated heterocycles. The minimum Gasteiger partial charge on any atom is -0.480 e. The average Bonchev–Trinajstić information content (AvgIpc) is 2.49. The van der Waals surface area contributed by atoms with Crippen molar-refractivity contribution in [1.82, 2.24) is 0 Å². The van der Waals surface area contributed by atoms with E-state index in [0.717, 1.165) is 0 Å². The van der Waals surface area contributed by atoms with E-state index in [0.29, 0.717) is 25.0 Å². The Morgan fingerprint density at radius 2 is 1.62 bits per heavy atom. The number of benzene rings is 1. The minimum absolute atomic E-state index is 0.0805. The van der Waals surface area contributed by atoms with Gasteiger partial charge in [-0.2, -0.15) is 0 Å². The van der Waals surface area contributed by atoms with Crippen molar-refractivity contribution in [3.8, 4) is 0 Å². The molecule has 0 aliphatic heterocycles. The van der Waals surface area contributed by atoms with Crippen LogP contribution in [0.1, 0.15) is 26.2 Å². The molecule has 0 amide bonds. The number of nitro groups is 3. The predicted molar refractivity (Wildman–Crippen MR) is 81.0 cm³/mol. The lowest BCUT2D eigenvalue weighted by molar-refractivity contribution is -0.401. The Morgan fingerprint density at radius 3 is 1.96 bits per heavy atom. The minimum atomic E-state index is -1.34. The Kier molecular flexibility index (Phi) is 6.09. The molecule has 0 radical (unpaired) electrons. The van der Waals surface area contributed by atoms with Crippen molar-refractivity contribution < 1.29 is 24.7 Å². The van der Waals surface area contributed by atoms with Gasteiger partial charge in [-0.05, 0) is 6.42 Å². The fourth-order valence-corrected chi connectivity index (χ4v) is 1.98. The summed E-state index contributed by atoms with van der Waals surface area (Å²) in [6.07, 6.45) is 1.20. The number of carbonyl (C=O) groups is 1. The monoisotopic (exact) mass is 342 g/mol. The topological polar surface area (TPSA) is 179 Å². The first-order chi connectivity index (χ1) is 11.2. The summed E-state index contributed by atoms with van der Waals surface area (Å²) >= 11 is 0. The van der Waals surface area contributed by atoms with E-state index in [4.69, 9.17) is 5.11 Å². The molecule has 2 N–H and O–H groups in total. The van der Waals surface area contributed by atoms with Crippen LogP contribution in [0, 0.1) is 30.3 Å². The summed E-state index contributed by atoms with van der Waals surface area (Å²) in [6.45, 7) is 1.80. The summed E-state index contributed by atoms with van der Waals surface area (Å²) in [5.74, 6) is -1.34. The maximum absolute atomic E-state index is 11.2. The zero-order valence-corrected chi connectivity index (χ0v) is 12.5. The number of carboxylic acid groups (broad SMARTS) is 1. The molecule has 24 heavy (non-hydrogen) atoms. The number of hydrogen-bond donors (Lipinski definition) is 2. The number of carboxylic acids is 1. The quantitative estimate of drug-likeness (QED) is 0.503. The number of hydrogen-bond acceptors (Lipinski definition) is 8.